The molecule has 4 aromatic rings. The maximum absolute atomic E-state index is 12.8. The fourth-order valence-corrected chi connectivity index (χ4v) is 2.92. The van der Waals surface area contributed by atoms with Gasteiger partial charge in [-0.25, -0.2) is 4.98 Å². The quantitative estimate of drug-likeness (QED) is 0.399. The number of nitrogens with zero attached hydrogens (tertiary/aromatic N) is 3. The molecule has 0 saturated carbocycles. The van der Waals surface area contributed by atoms with E-state index in [4.69, 9.17) is 10.5 Å². The number of alkyl halides is 3. The number of aryl methyl sites for hydroxylation is 1. The van der Waals surface area contributed by atoms with Crippen LogP contribution in [0.4, 0.5) is 30.6 Å². The van der Waals surface area contributed by atoms with Crippen molar-refractivity contribution in [3.63, 3.8) is 0 Å². The molecule has 2 aromatic heterocycles. The van der Waals surface area contributed by atoms with Crippen molar-refractivity contribution < 1.29 is 17.9 Å². The molecule has 9 heteroatoms. The molecule has 0 aliphatic carbocycles. The molecule has 162 valence electrons. The fraction of sp³-hybridized carbons (Fsp3) is 0.0870. The molecule has 6 nitrogen and oxygen atoms in total. The second-order valence-electron chi connectivity index (χ2n) is 6.99. The van der Waals surface area contributed by atoms with E-state index < -0.39 is 11.9 Å². The van der Waals surface area contributed by atoms with Crippen LogP contribution < -0.4 is 15.8 Å². The van der Waals surface area contributed by atoms with Gasteiger partial charge >= 0.3 is 6.18 Å². The monoisotopic (exact) mass is 437 g/mol. The minimum atomic E-state index is -4.54. The number of rotatable bonds is 5. The summed E-state index contributed by atoms with van der Waals surface area (Å²) in [5.41, 5.74) is 8.27. The first-order valence-corrected chi connectivity index (χ1v) is 9.56. The highest BCUT2D eigenvalue weighted by Crippen LogP contribution is 2.31. The average molecular weight is 437 g/mol. The van der Waals surface area contributed by atoms with Crippen molar-refractivity contribution in [2.75, 3.05) is 11.1 Å². The minimum absolute atomic E-state index is 0.0411. The molecule has 0 atom stereocenters. The zero-order valence-corrected chi connectivity index (χ0v) is 16.9. The molecule has 0 saturated heterocycles. The number of nitrogen functional groups attached to an aromatic ring is 1. The first-order valence-electron chi connectivity index (χ1n) is 9.56. The molecule has 4 rings (SSSR count). The first-order chi connectivity index (χ1) is 15.3. The van der Waals surface area contributed by atoms with E-state index in [1.807, 2.05) is 31.2 Å². The summed E-state index contributed by atoms with van der Waals surface area (Å²) in [6.07, 6.45) is -3.48. The van der Waals surface area contributed by atoms with Gasteiger partial charge in [0.2, 0.25) is 5.95 Å². The van der Waals surface area contributed by atoms with Crippen LogP contribution in [0.1, 0.15) is 11.3 Å². The summed E-state index contributed by atoms with van der Waals surface area (Å²) in [7, 11) is 0. The van der Waals surface area contributed by atoms with E-state index in [1.54, 1.807) is 30.3 Å². The van der Waals surface area contributed by atoms with Crippen molar-refractivity contribution in [1.82, 2.24) is 15.0 Å². The number of anilines is 3. The molecule has 2 heterocycles. The van der Waals surface area contributed by atoms with Gasteiger partial charge in [0.05, 0.1) is 5.69 Å². The molecule has 0 radical (unpaired) electrons. The van der Waals surface area contributed by atoms with E-state index in [9.17, 15) is 13.2 Å². The lowest BCUT2D eigenvalue weighted by atomic mass is 10.1. The third kappa shape index (κ3) is 5.12. The maximum atomic E-state index is 12.8. The summed E-state index contributed by atoms with van der Waals surface area (Å²) < 4.78 is 43.9. The lowest BCUT2D eigenvalue weighted by molar-refractivity contribution is -0.141. The van der Waals surface area contributed by atoms with Crippen LogP contribution in [0.2, 0.25) is 0 Å². The van der Waals surface area contributed by atoms with Gasteiger partial charge in [0.15, 0.2) is 0 Å². The molecular weight excluding hydrogens is 419 g/mol. The Labute approximate surface area is 181 Å². The zero-order chi connectivity index (χ0) is 22.7. The third-order valence-electron chi connectivity index (χ3n) is 4.48. The molecule has 0 fully saturated rings. The minimum Gasteiger partial charge on any atom is -0.457 e. The van der Waals surface area contributed by atoms with E-state index in [1.165, 1.54) is 6.07 Å². The number of ether oxygens (including phenoxy) is 1. The van der Waals surface area contributed by atoms with Crippen LogP contribution in [0.3, 0.4) is 0 Å². The van der Waals surface area contributed by atoms with Crippen molar-refractivity contribution >= 4 is 17.5 Å². The average Bonchev–Trinajstić information content (AvgIpc) is 2.75. The predicted octanol–water partition coefficient (Wildman–Crippen LogP) is 5.98. The number of halogens is 3. The maximum Gasteiger partial charge on any atom is 0.433 e. The lowest BCUT2D eigenvalue weighted by Crippen LogP contribution is -2.07. The molecule has 32 heavy (non-hydrogen) atoms. The Morgan fingerprint density at radius 1 is 0.875 bits per heavy atom. The summed E-state index contributed by atoms with van der Waals surface area (Å²) in [6, 6.07) is 18.5. The second-order valence-corrected chi connectivity index (χ2v) is 6.99. The highest BCUT2D eigenvalue weighted by Gasteiger charge is 2.32. The van der Waals surface area contributed by atoms with E-state index >= 15 is 0 Å². The summed E-state index contributed by atoms with van der Waals surface area (Å²) in [6.45, 7) is 2.00. The Morgan fingerprint density at radius 2 is 1.59 bits per heavy atom. The van der Waals surface area contributed by atoms with Gasteiger partial charge in [-0.1, -0.05) is 29.8 Å². The van der Waals surface area contributed by atoms with Crippen molar-refractivity contribution in [3.05, 3.63) is 84.2 Å². The van der Waals surface area contributed by atoms with Gasteiger partial charge < -0.3 is 15.8 Å². The summed E-state index contributed by atoms with van der Waals surface area (Å²) in [5.74, 6) is 1.05. The van der Waals surface area contributed by atoms with Gasteiger partial charge in [-0.05, 0) is 37.3 Å². The van der Waals surface area contributed by atoms with Gasteiger partial charge in [0.1, 0.15) is 23.0 Å². The Balaban J connectivity index is 1.49. The molecule has 2 aromatic carbocycles. The summed E-state index contributed by atoms with van der Waals surface area (Å²) >= 11 is 0. The molecule has 0 aliphatic heterocycles. The van der Waals surface area contributed by atoms with Gasteiger partial charge in [-0.3, -0.25) is 4.98 Å². The van der Waals surface area contributed by atoms with Crippen molar-refractivity contribution in [3.8, 4) is 22.8 Å². The standard InChI is InChI=1S/C23H18F3N5O/c1-14-2-4-15(5-3-14)19-13-21(31-22(27)30-19)29-16-6-8-17(9-7-16)32-18-10-11-28-20(12-18)23(24,25)26/h2-13H,1H3,(H3,27,29,30,31). The SMILES string of the molecule is Cc1ccc(-c2cc(Nc3ccc(Oc4ccnc(C(F)(F)F)c4)cc3)nc(N)n2)cc1. The van der Waals surface area contributed by atoms with E-state index in [-0.39, 0.29) is 11.7 Å². The molecule has 0 aliphatic rings. The van der Waals surface area contributed by atoms with Gasteiger partial charge in [0, 0.05) is 29.6 Å². The van der Waals surface area contributed by atoms with Crippen LogP contribution in [-0.4, -0.2) is 15.0 Å². The Morgan fingerprint density at radius 3 is 2.28 bits per heavy atom. The number of aromatic nitrogens is 3. The Hall–Kier alpha value is -4.14. The van der Waals surface area contributed by atoms with Crippen LogP contribution in [0.15, 0.2) is 72.9 Å². The molecule has 0 spiro atoms. The van der Waals surface area contributed by atoms with Crippen LogP contribution in [-0.2, 0) is 6.18 Å². The van der Waals surface area contributed by atoms with Gasteiger partial charge in [-0.15, -0.1) is 0 Å². The van der Waals surface area contributed by atoms with E-state index in [0.717, 1.165) is 23.4 Å². The van der Waals surface area contributed by atoms with Gasteiger partial charge in [0.25, 0.3) is 0 Å². The highest BCUT2D eigenvalue weighted by atomic mass is 19.4. The number of hydrogen-bond donors (Lipinski definition) is 2. The van der Waals surface area contributed by atoms with Crippen LogP contribution >= 0.6 is 0 Å². The normalized spacial score (nSPS) is 11.2. The fourth-order valence-electron chi connectivity index (χ4n) is 2.92. The smallest absolute Gasteiger partial charge is 0.433 e. The van der Waals surface area contributed by atoms with E-state index in [2.05, 4.69) is 20.3 Å². The van der Waals surface area contributed by atoms with Crippen LogP contribution in [0.25, 0.3) is 11.3 Å². The van der Waals surface area contributed by atoms with Crippen LogP contribution in [0, 0.1) is 6.92 Å². The van der Waals surface area contributed by atoms with Crippen molar-refractivity contribution in [1.29, 1.82) is 0 Å². The number of benzene rings is 2. The van der Waals surface area contributed by atoms with Crippen LogP contribution in [0.5, 0.6) is 11.5 Å². The van der Waals surface area contributed by atoms with Gasteiger partial charge in [-0.2, -0.15) is 18.2 Å². The Kier molecular flexibility index (Phi) is 5.63. The number of pyridine rings is 1. The largest absolute Gasteiger partial charge is 0.457 e. The second kappa shape index (κ2) is 8.54. The lowest BCUT2D eigenvalue weighted by Gasteiger charge is -2.11. The van der Waals surface area contributed by atoms with Crippen molar-refractivity contribution in [2.45, 2.75) is 13.1 Å². The highest BCUT2D eigenvalue weighted by molar-refractivity contribution is 5.67. The third-order valence-corrected chi connectivity index (χ3v) is 4.48. The predicted molar refractivity (Wildman–Crippen MR) is 116 cm³/mol. The zero-order valence-electron chi connectivity index (χ0n) is 16.9. The number of nitrogens with one attached hydrogen (secondary N) is 1. The van der Waals surface area contributed by atoms with Crippen molar-refractivity contribution in [2.24, 2.45) is 0 Å². The summed E-state index contributed by atoms with van der Waals surface area (Å²) in [4.78, 5) is 11.8. The topological polar surface area (TPSA) is 86.0 Å². The number of hydrogen-bond acceptors (Lipinski definition) is 6. The molecule has 0 bridgehead atoms. The molecular formula is C23H18F3N5O. The summed E-state index contributed by atoms with van der Waals surface area (Å²) in [5, 5.41) is 3.14. The first kappa shape index (κ1) is 21.1. The molecule has 3 N–H and O–H groups in total. The molecule has 0 amide bonds. The van der Waals surface area contributed by atoms with E-state index in [0.29, 0.717) is 22.9 Å². The molecule has 0 unspecified atom stereocenters. The number of nitrogens with two attached hydrogens (primary N) is 1. The Bertz CT molecular complexity index is 1230.